The van der Waals surface area contributed by atoms with Crippen molar-refractivity contribution in [3.8, 4) is 0 Å². The van der Waals surface area contributed by atoms with E-state index in [1.165, 1.54) is 0 Å². The molecule has 0 spiro atoms. The second kappa shape index (κ2) is 9.46. The Kier molecular flexibility index (Phi) is 6.76. The van der Waals surface area contributed by atoms with Crippen molar-refractivity contribution >= 4 is 29.2 Å². The van der Waals surface area contributed by atoms with Gasteiger partial charge in [0.2, 0.25) is 0 Å². The summed E-state index contributed by atoms with van der Waals surface area (Å²) in [6, 6.07) is 15.8. The van der Waals surface area contributed by atoms with Crippen molar-refractivity contribution in [1.82, 2.24) is 16.0 Å². The van der Waals surface area contributed by atoms with E-state index in [1.54, 1.807) is 14.1 Å². The highest BCUT2D eigenvalue weighted by molar-refractivity contribution is 6.30. The fraction of sp³-hybridized carbons (Fsp3) is 0.333. The first-order valence-corrected chi connectivity index (χ1v) is 9.75. The number of rotatable bonds is 5. The van der Waals surface area contributed by atoms with Crippen molar-refractivity contribution < 1.29 is 4.79 Å². The fourth-order valence-electron chi connectivity index (χ4n) is 3.28. The molecule has 3 N–H and O–H groups in total. The van der Waals surface area contributed by atoms with Gasteiger partial charge in [-0.25, -0.2) is 0 Å². The van der Waals surface area contributed by atoms with Gasteiger partial charge in [-0.15, -0.1) is 0 Å². The van der Waals surface area contributed by atoms with Gasteiger partial charge >= 0.3 is 0 Å². The Morgan fingerprint density at radius 1 is 1.25 bits per heavy atom. The molecule has 1 amide bonds. The summed E-state index contributed by atoms with van der Waals surface area (Å²) >= 11 is 6.11. The Morgan fingerprint density at radius 2 is 2.04 bits per heavy atom. The van der Waals surface area contributed by atoms with E-state index in [0.29, 0.717) is 18.2 Å². The van der Waals surface area contributed by atoms with Crippen LogP contribution in [0.1, 0.15) is 22.3 Å². The SMILES string of the molecule is CN=C(NCc1ccc(C(=O)NC)cc1)NC1CCN(c2cccc(Cl)c2)C1. The van der Waals surface area contributed by atoms with Crippen LogP contribution in [0.4, 0.5) is 5.69 Å². The Bertz CT molecular complexity index is 837. The molecule has 0 bridgehead atoms. The van der Waals surface area contributed by atoms with Crippen LogP contribution in [0.15, 0.2) is 53.5 Å². The van der Waals surface area contributed by atoms with Crippen molar-refractivity contribution in [2.45, 2.75) is 19.0 Å². The third kappa shape index (κ3) is 5.16. The number of amides is 1. The highest BCUT2D eigenvalue weighted by Crippen LogP contribution is 2.23. The van der Waals surface area contributed by atoms with Crippen LogP contribution in [0.25, 0.3) is 0 Å². The predicted octanol–water partition coefficient (Wildman–Crippen LogP) is 2.64. The molecule has 0 aromatic heterocycles. The van der Waals surface area contributed by atoms with Crippen LogP contribution in [-0.4, -0.2) is 45.1 Å². The standard InChI is InChI=1S/C21H26ClN5O/c1-23-20(28)16-8-6-15(7-9-16)13-25-21(24-2)26-18-10-11-27(14-18)19-5-3-4-17(22)12-19/h3-9,12,18H,10-11,13-14H2,1-2H3,(H,23,28)(H2,24,25,26). The summed E-state index contributed by atoms with van der Waals surface area (Å²) in [5.74, 6) is 0.691. The molecule has 1 atom stereocenters. The van der Waals surface area contributed by atoms with Gasteiger partial charge in [-0.1, -0.05) is 29.8 Å². The summed E-state index contributed by atoms with van der Waals surface area (Å²) in [5, 5.41) is 10.2. The number of guanidine groups is 1. The quantitative estimate of drug-likeness (QED) is 0.534. The van der Waals surface area contributed by atoms with Gasteiger partial charge in [0.05, 0.1) is 0 Å². The van der Waals surface area contributed by atoms with E-state index < -0.39 is 0 Å². The number of halogens is 1. The maximum atomic E-state index is 11.6. The minimum absolute atomic E-state index is 0.0810. The molecule has 2 aromatic rings. The number of nitrogens with zero attached hydrogens (tertiary/aromatic N) is 2. The number of hydrogen-bond donors (Lipinski definition) is 3. The summed E-state index contributed by atoms with van der Waals surface area (Å²) in [4.78, 5) is 18.3. The van der Waals surface area contributed by atoms with E-state index in [-0.39, 0.29) is 5.91 Å². The Hall–Kier alpha value is -2.73. The number of nitrogens with one attached hydrogen (secondary N) is 3. The van der Waals surface area contributed by atoms with Gasteiger partial charge in [0.25, 0.3) is 5.91 Å². The first-order chi connectivity index (χ1) is 13.6. The smallest absolute Gasteiger partial charge is 0.251 e. The second-order valence-electron chi connectivity index (χ2n) is 6.76. The average Bonchev–Trinajstić information content (AvgIpc) is 3.19. The number of aliphatic imine (C=N–C) groups is 1. The van der Waals surface area contributed by atoms with Crippen LogP contribution >= 0.6 is 11.6 Å². The highest BCUT2D eigenvalue weighted by Gasteiger charge is 2.23. The van der Waals surface area contributed by atoms with Crippen LogP contribution in [-0.2, 0) is 6.54 Å². The zero-order chi connectivity index (χ0) is 19.9. The van der Waals surface area contributed by atoms with Crippen molar-refractivity contribution in [2.75, 3.05) is 32.1 Å². The van der Waals surface area contributed by atoms with Crippen molar-refractivity contribution in [3.05, 3.63) is 64.7 Å². The molecule has 6 nitrogen and oxygen atoms in total. The predicted molar refractivity (Wildman–Crippen MR) is 115 cm³/mol. The number of carbonyl (C=O) groups excluding carboxylic acids is 1. The largest absolute Gasteiger partial charge is 0.369 e. The zero-order valence-electron chi connectivity index (χ0n) is 16.2. The number of benzene rings is 2. The summed E-state index contributed by atoms with van der Waals surface area (Å²) in [6.07, 6.45) is 1.04. The average molecular weight is 400 g/mol. The van der Waals surface area contributed by atoms with Gasteiger partial charge in [0, 0.05) is 56.0 Å². The molecule has 28 heavy (non-hydrogen) atoms. The molecule has 1 saturated heterocycles. The molecule has 7 heteroatoms. The van der Waals surface area contributed by atoms with Crippen molar-refractivity contribution in [1.29, 1.82) is 0 Å². The molecule has 3 rings (SSSR count). The second-order valence-corrected chi connectivity index (χ2v) is 7.19. The van der Waals surface area contributed by atoms with E-state index in [4.69, 9.17) is 11.6 Å². The summed E-state index contributed by atoms with van der Waals surface area (Å²) < 4.78 is 0. The normalized spacial score (nSPS) is 16.8. The molecule has 1 aliphatic rings. The van der Waals surface area contributed by atoms with E-state index in [1.807, 2.05) is 42.5 Å². The fourth-order valence-corrected chi connectivity index (χ4v) is 3.46. The molecule has 1 aliphatic heterocycles. The Balaban J connectivity index is 1.50. The molecule has 2 aromatic carbocycles. The zero-order valence-corrected chi connectivity index (χ0v) is 17.0. The van der Waals surface area contributed by atoms with Gasteiger partial charge in [-0.2, -0.15) is 0 Å². The van der Waals surface area contributed by atoms with Gasteiger partial charge < -0.3 is 20.9 Å². The third-order valence-electron chi connectivity index (χ3n) is 4.83. The highest BCUT2D eigenvalue weighted by atomic mass is 35.5. The van der Waals surface area contributed by atoms with Crippen LogP contribution < -0.4 is 20.9 Å². The lowest BCUT2D eigenvalue weighted by Crippen LogP contribution is -2.44. The van der Waals surface area contributed by atoms with Gasteiger partial charge in [0.15, 0.2) is 5.96 Å². The van der Waals surface area contributed by atoms with E-state index >= 15 is 0 Å². The van der Waals surface area contributed by atoms with E-state index in [0.717, 1.165) is 41.7 Å². The third-order valence-corrected chi connectivity index (χ3v) is 5.06. The Morgan fingerprint density at radius 3 is 2.71 bits per heavy atom. The lowest BCUT2D eigenvalue weighted by atomic mass is 10.1. The minimum Gasteiger partial charge on any atom is -0.369 e. The first-order valence-electron chi connectivity index (χ1n) is 9.38. The maximum absolute atomic E-state index is 11.6. The van der Waals surface area contributed by atoms with Crippen LogP contribution in [0.5, 0.6) is 0 Å². The van der Waals surface area contributed by atoms with Gasteiger partial charge in [-0.3, -0.25) is 9.79 Å². The van der Waals surface area contributed by atoms with Gasteiger partial charge in [0.1, 0.15) is 0 Å². The maximum Gasteiger partial charge on any atom is 0.251 e. The lowest BCUT2D eigenvalue weighted by molar-refractivity contribution is 0.0963. The van der Waals surface area contributed by atoms with E-state index in [9.17, 15) is 4.79 Å². The van der Waals surface area contributed by atoms with Crippen LogP contribution in [0.2, 0.25) is 5.02 Å². The Labute approximate surface area is 171 Å². The molecule has 0 aliphatic carbocycles. The number of carbonyl (C=O) groups is 1. The molecule has 1 fully saturated rings. The lowest BCUT2D eigenvalue weighted by Gasteiger charge is -2.20. The molecule has 148 valence electrons. The topological polar surface area (TPSA) is 68.8 Å². The molecular weight excluding hydrogens is 374 g/mol. The molecule has 0 saturated carbocycles. The van der Waals surface area contributed by atoms with E-state index in [2.05, 4.69) is 31.9 Å². The van der Waals surface area contributed by atoms with Gasteiger partial charge in [-0.05, 0) is 42.3 Å². The molecule has 1 unspecified atom stereocenters. The summed E-state index contributed by atoms with van der Waals surface area (Å²) in [7, 11) is 3.40. The van der Waals surface area contributed by atoms with Crippen molar-refractivity contribution in [3.63, 3.8) is 0 Å². The van der Waals surface area contributed by atoms with Crippen molar-refractivity contribution in [2.24, 2.45) is 4.99 Å². The van der Waals surface area contributed by atoms with Crippen LogP contribution in [0, 0.1) is 0 Å². The molecule has 0 radical (unpaired) electrons. The molecular formula is C21H26ClN5O. The minimum atomic E-state index is -0.0810. The molecule has 1 heterocycles. The number of hydrogen-bond acceptors (Lipinski definition) is 3. The van der Waals surface area contributed by atoms with Crippen LogP contribution in [0.3, 0.4) is 0 Å². The number of anilines is 1. The monoisotopic (exact) mass is 399 g/mol. The summed E-state index contributed by atoms with van der Waals surface area (Å²) in [5.41, 5.74) is 2.89. The first kappa shape index (κ1) is 20.0. The summed E-state index contributed by atoms with van der Waals surface area (Å²) in [6.45, 7) is 2.52.